The highest BCUT2D eigenvalue weighted by Crippen LogP contribution is 1.87. The summed E-state index contributed by atoms with van der Waals surface area (Å²) >= 11 is 0. The van der Waals surface area contributed by atoms with Crippen LogP contribution < -0.4 is 0 Å². The molecule has 0 bridgehead atoms. The van der Waals surface area contributed by atoms with Crippen molar-refractivity contribution in [2.24, 2.45) is 0 Å². The van der Waals surface area contributed by atoms with Gasteiger partial charge >= 0.3 is 0 Å². The topological polar surface area (TPSA) is 68.2 Å². The molecule has 0 aliphatic heterocycles. The maximum absolute atomic E-state index is 11.5. The molecule has 1 atom stereocenters. The number of hydrogen-bond donors (Lipinski definition) is 2. The Bertz CT molecular complexity index is 125. The molecule has 0 aliphatic rings. The summed E-state index contributed by atoms with van der Waals surface area (Å²) in [4.78, 5) is 0. The molecule has 2 N–H and O–H groups in total. The summed E-state index contributed by atoms with van der Waals surface area (Å²) in [5.41, 5.74) is 0. The molecular formula is C9H19FO5. The van der Waals surface area contributed by atoms with Gasteiger partial charge < -0.3 is 24.4 Å². The lowest BCUT2D eigenvalue weighted by molar-refractivity contribution is -0.0185. The summed E-state index contributed by atoms with van der Waals surface area (Å²) in [6.45, 7) is 0.649. The maximum atomic E-state index is 11.5. The fraction of sp³-hybridized carbons (Fsp3) is 1.00. The predicted octanol–water partition coefficient (Wildman–Crippen LogP) is -0.293. The van der Waals surface area contributed by atoms with Gasteiger partial charge in [0.1, 0.15) is 6.10 Å². The van der Waals surface area contributed by atoms with E-state index in [4.69, 9.17) is 19.7 Å². The van der Waals surface area contributed by atoms with Crippen molar-refractivity contribution in [3.63, 3.8) is 0 Å². The zero-order chi connectivity index (χ0) is 11.4. The highest BCUT2D eigenvalue weighted by atomic mass is 19.1. The van der Waals surface area contributed by atoms with Gasteiger partial charge in [-0.25, -0.2) is 4.39 Å². The van der Waals surface area contributed by atoms with Crippen LogP contribution in [0, 0.1) is 0 Å². The van der Waals surface area contributed by atoms with Crippen LogP contribution in [0.5, 0.6) is 0 Å². The molecule has 1 unspecified atom stereocenters. The van der Waals surface area contributed by atoms with Gasteiger partial charge in [0.15, 0.2) is 6.86 Å². The standard InChI is InChI=1S/C9H19FO5/c10-8-15-3-1-2-13-4-5-14-7-9(12)6-11/h9,11-12H,1-8H2. The molecule has 0 saturated carbocycles. The minimum absolute atomic E-state index is 0.102. The Morgan fingerprint density at radius 1 is 1.00 bits per heavy atom. The highest BCUT2D eigenvalue weighted by Gasteiger charge is 2.00. The Morgan fingerprint density at radius 3 is 2.33 bits per heavy atom. The molecule has 0 amide bonds. The van der Waals surface area contributed by atoms with Crippen LogP contribution in [0.3, 0.4) is 0 Å². The summed E-state index contributed by atoms with van der Waals surface area (Å²) in [6.07, 6.45) is -0.189. The van der Waals surface area contributed by atoms with E-state index < -0.39 is 13.0 Å². The molecular weight excluding hydrogens is 207 g/mol. The molecule has 5 nitrogen and oxygen atoms in total. The molecule has 15 heavy (non-hydrogen) atoms. The van der Waals surface area contributed by atoms with Crippen molar-refractivity contribution < 1.29 is 28.8 Å². The number of rotatable bonds is 11. The van der Waals surface area contributed by atoms with Crippen LogP contribution >= 0.6 is 0 Å². The SMILES string of the molecule is OCC(O)COCCOCCCOCF. The Morgan fingerprint density at radius 2 is 1.67 bits per heavy atom. The fourth-order valence-corrected chi connectivity index (χ4v) is 0.810. The first-order chi connectivity index (χ1) is 7.31. The molecule has 0 aromatic carbocycles. The van der Waals surface area contributed by atoms with Crippen molar-refractivity contribution in [2.45, 2.75) is 12.5 Å². The Hall–Kier alpha value is -0.270. The third-order valence-electron chi connectivity index (χ3n) is 1.55. The van der Waals surface area contributed by atoms with Crippen molar-refractivity contribution >= 4 is 0 Å². The molecule has 0 heterocycles. The predicted molar refractivity (Wildman–Crippen MR) is 51.3 cm³/mol. The van der Waals surface area contributed by atoms with Crippen LogP contribution in [0.4, 0.5) is 4.39 Å². The smallest absolute Gasteiger partial charge is 0.188 e. The van der Waals surface area contributed by atoms with E-state index in [1.807, 2.05) is 0 Å². The summed E-state index contributed by atoms with van der Waals surface area (Å²) < 4.78 is 26.0. The van der Waals surface area contributed by atoms with E-state index in [1.165, 1.54) is 0 Å². The van der Waals surface area contributed by atoms with Crippen LogP contribution in [-0.4, -0.2) is 62.8 Å². The molecule has 6 heteroatoms. The normalized spacial score (nSPS) is 13.0. The molecule has 0 saturated heterocycles. The Kier molecular flexibility index (Phi) is 11.6. The highest BCUT2D eigenvalue weighted by molar-refractivity contribution is 4.48. The number of ether oxygens (including phenoxy) is 3. The van der Waals surface area contributed by atoms with Gasteiger partial charge in [-0.1, -0.05) is 0 Å². The van der Waals surface area contributed by atoms with Crippen LogP contribution in [-0.2, 0) is 14.2 Å². The van der Waals surface area contributed by atoms with Crippen LogP contribution in [0.25, 0.3) is 0 Å². The van der Waals surface area contributed by atoms with Crippen LogP contribution in [0.2, 0.25) is 0 Å². The molecule has 0 radical (unpaired) electrons. The van der Waals surface area contributed by atoms with Crippen molar-refractivity contribution in [1.82, 2.24) is 0 Å². The second-order valence-electron chi connectivity index (χ2n) is 2.89. The number of hydrogen-bond acceptors (Lipinski definition) is 5. The first-order valence-corrected chi connectivity index (χ1v) is 4.89. The summed E-state index contributed by atoms with van der Waals surface area (Å²) in [5, 5.41) is 17.3. The van der Waals surface area contributed by atoms with Crippen molar-refractivity contribution in [3.8, 4) is 0 Å². The number of halogens is 1. The van der Waals surface area contributed by atoms with Gasteiger partial charge in [-0.2, -0.15) is 0 Å². The number of aliphatic hydroxyl groups excluding tert-OH is 2. The van der Waals surface area contributed by atoms with E-state index in [-0.39, 0.29) is 13.2 Å². The molecule has 0 aliphatic carbocycles. The van der Waals surface area contributed by atoms with Gasteiger partial charge in [0.05, 0.1) is 33.0 Å². The molecule has 92 valence electrons. The quantitative estimate of drug-likeness (QED) is 0.474. The van der Waals surface area contributed by atoms with E-state index in [1.54, 1.807) is 0 Å². The van der Waals surface area contributed by atoms with E-state index in [2.05, 4.69) is 4.74 Å². The van der Waals surface area contributed by atoms with Crippen molar-refractivity contribution in [1.29, 1.82) is 0 Å². The van der Waals surface area contributed by atoms with Crippen molar-refractivity contribution in [3.05, 3.63) is 0 Å². The van der Waals surface area contributed by atoms with Gasteiger partial charge in [0.2, 0.25) is 0 Å². The molecule has 0 aromatic rings. The minimum atomic E-state index is -0.831. The third-order valence-corrected chi connectivity index (χ3v) is 1.55. The second kappa shape index (κ2) is 11.8. The second-order valence-corrected chi connectivity index (χ2v) is 2.89. The Labute approximate surface area is 88.8 Å². The van der Waals surface area contributed by atoms with E-state index >= 15 is 0 Å². The lowest BCUT2D eigenvalue weighted by atomic mass is 10.4. The number of alkyl halides is 1. The van der Waals surface area contributed by atoms with Crippen LogP contribution in [0.15, 0.2) is 0 Å². The van der Waals surface area contributed by atoms with Crippen molar-refractivity contribution in [2.75, 3.05) is 46.5 Å². The number of aliphatic hydroxyl groups is 2. The zero-order valence-electron chi connectivity index (χ0n) is 8.73. The average molecular weight is 226 g/mol. The summed E-state index contributed by atoms with van der Waals surface area (Å²) in [6, 6.07) is 0. The summed E-state index contributed by atoms with van der Waals surface area (Å²) in [5.74, 6) is 0. The van der Waals surface area contributed by atoms with Gasteiger partial charge in [-0.15, -0.1) is 0 Å². The van der Waals surface area contributed by atoms with E-state index in [0.29, 0.717) is 32.8 Å². The fourth-order valence-electron chi connectivity index (χ4n) is 0.810. The monoisotopic (exact) mass is 226 g/mol. The third kappa shape index (κ3) is 11.7. The molecule has 0 fully saturated rings. The lowest BCUT2D eigenvalue weighted by Crippen LogP contribution is -2.20. The van der Waals surface area contributed by atoms with E-state index in [9.17, 15) is 4.39 Å². The average Bonchev–Trinajstić information content (AvgIpc) is 2.26. The first kappa shape index (κ1) is 14.7. The lowest BCUT2D eigenvalue weighted by Gasteiger charge is -2.08. The minimum Gasteiger partial charge on any atom is -0.394 e. The summed E-state index contributed by atoms with van der Waals surface area (Å²) in [7, 11) is 0. The van der Waals surface area contributed by atoms with E-state index in [0.717, 1.165) is 0 Å². The molecule has 0 aromatic heterocycles. The maximum Gasteiger partial charge on any atom is 0.188 e. The first-order valence-electron chi connectivity index (χ1n) is 4.89. The molecule has 0 spiro atoms. The van der Waals surface area contributed by atoms with Crippen LogP contribution in [0.1, 0.15) is 6.42 Å². The van der Waals surface area contributed by atoms with Gasteiger partial charge in [-0.05, 0) is 6.42 Å². The van der Waals surface area contributed by atoms with Gasteiger partial charge in [0, 0.05) is 6.61 Å². The van der Waals surface area contributed by atoms with Gasteiger partial charge in [0.25, 0.3) is 0 Å². The van der Waals surface area contributed by atoms with Gasteiger partial charge in [-0.3, -0.25) is 0 Å². The Balaban J connectivity index is 2.92. The largest absolute Gasteiger partial charge is 0.394 e. The zero-order valence-corrected chi connectivity index (χ0v) is 8.73. The molecule has 0 rings (SSSR count).